The summed E-state index contributed by atoms with van der Waals surface area (Å²) in [5.74, 6) is 2.39. The largest absolute Gasteiger partial charge is 0.491 e. The molecule has 0 aliphatic carbocycles. The van der Waals surface area contributed by atoms with Crippen LogP contribution in [0.3, 0.4) is 0 Å². The second-order valence-corrected chi connectivity index (χ2v) is 5.79. The molecule has 0 aliphatic heterocycles. The van der Waals surface area contributed by atoms with E-state index in [-0.39, 0.29) is 0 Å². The van der Waals surface area contributed by atoms with Gasteiger partial charge in [-0.05, 0) is 25.5 Å². The molecule has 0 atom stereocenters. The van der Waals surface area contributed by atoms with E-state index < -0.39 is 0 Å². The third kappa shape index (κ3) is 6.03. The quantitative estimate of drug-likeness (QED) is 0.399. The average Bonchev–Trinajstić information content (AvgIpc) is 3.05. The van der Waals surface area contributed by atoms with Gasteiger partial charge in [0.15, 0.2) is 11.8 Å². The van der Waals surface area contributed by atoms with E-state index in [4.69, 9.17) is 9.47 Å². The van der Waals surface area contributed by atoms with Crippen molar-refractivity contribution in [3.8, 4) is 5.75 Å². The Hall–Kier alpha value is -2.61. The number of aliphatic imine (C=N–C) groups is 1. The van der Waals surface area contributed by atoms with Crippen molar-refractivity contribution >= 4 is 5.96 Å². The second-order valence-electron chi connectivity index (χ2n) is 5.79. The molecule has 2 N–H and O–H groups in total. The smallest absolute Gasteiger partial charge is 0.191 e. The zero-order valence-electron chi connectivity index (χ0n) is 16.0. The number of ether oxygens (including phenoxy) is 2. The van der Waals surface area contributed by atoms with Crippen LogP contribution >= 0.6 is 0 Å². The van der Waals surface area contributed by atoms with Gasteiger partial charge < -0.3 is 24.7 Å². The third-order valence-corrected chi connectivity index (χ3v) is 3.80. The number of rotatable bonds is 9. The van der Waals surface area contributed by atoms with Crippen molar-refractivity contribution in [1.82, 2.24) is 25.4 Å². The maximum atomic E-state index is 5.87. The van der Waals surface area contributed by atoms with Crippen LogP contribution in [0.1, 0.15) is 23.9 Å². The number of aromatic nitrogens is 3. The Morgan fingerprint density at radius 2 is 2.04 bits per heavy atom. The second kappa shape index (κ2) is 10.4. The molecule has 2 rings (SSSR count). The maximum Gasteiger partial charge on any atom is 0.191 e. The van der Waals surface area contributed by atoms with Crippen LogP contribution in [-0.4, -0.2) is 47.6 Å². The first kappa shape index (κ1) is 19.7. The lowest BCUT2D eigenvalue weighted by atomic mass is 10.1. The highest BCUT2D eigenvalue weighted by atomic mass is 16.5. The molecule has 0 radical (unpaired) electrons. The molecule has 1 heterocycles. The standard InChI is InChI=1S/C18H28N6O2/c1-5-25-8-9-26-16-10-14(2)6-7-15(16)11-20-18(19-3)21-12-17-23-22-13-24(17)4/h6-7,10,13H,5,8-9,11-12H2,1-4H3,(H2,19,20,21). The van der Waals surface area contributed by atoms with Crippen molar-refractivity contribution in [1.29, 1.82) is 0 Å². The van der Waals surface area contributed by atoms with Gasteiger partial charge in [0.25, 0.3) is 0 Å². The van der Waals surface area contributed by atoms with E-state index in [1.165, 1.54) is 0 Å². The topological polar surface area (TPSA) is 85.6 Å². The molecule has 0 spiro atoms. The van der Waals surface area contributed by atoms with Crippen LogP contribution in [0.15, 0.2) is 29.5 Å². The molecule has 8 heteroatoms. The van der Waals surface area contributed by atoms with E-state index in [1.54, 1.807) is 13.4 Å². The van der Waals surface area contributed by atoms with Gasteiger partial charge in [-0.25, -0.2) is 0 Å². The fourth-order valence-corrected chi connectivity index (χ4v) is 2.33. The van der Waals surface area contributed by atoms with Gasteiger partial charge in [-0.2, -0.15) is 0 Å². The lowest BCUT2D eigenvalue weighted by molar-refractivity contribution is 0.110. The van der Waals surface area contributed by atoms with Gasteiger partial charge in [0.2, 0.25) is 0 Å². The summed E-state index contributed by atoms with van der Waals surface area (Å²) < 4.78 is 13.1. The Balaban J connectivity index is 1.90. The lowest BCUT2D eigenvalue weighted by Gasteiger charge is -2.15. The molecule has 0 saturated carbocycles. The SMILES string of the molecule is CCOCCOc1cc(C)ccc1CNC(=NC)NCc1nncn1C. The van der Waals surface area contributed by atoms with Crippen molar-refractivity contribution in [2.24, 2.45) is 12.0 Å². The highest BCUT2D eigenvalue weighted by Gasteiger charge is 2.07. The van der Waals surface area contributed by atoms with E-state index in [0.717, 1.165) is 22.7 Å². The maximum absolute atomic E-state index is 5.87. The van der Waals surface area contributed by atoms with Crippen LogP contribution in [0.25, 0.3) is 0 Å². The molecule has 0 saturated heterocycles. The predicted molar refractivity (Wildman–Crippen MR) is 101 cm³/mol. The monoisotopic (exact) mass is 360 g/mol. The first-order valence-electron chi connectivity index (χ1n) is 8.71. The van der Waals surface area contributed by atoms with Gasteiger partial charge in [-0.1, -0.05) is 12.1 Å². The Bertz CT molecular complexity index is 713. The molecule has 2 aromatic rings. The first-order valence-corrected chi connectivity index (χ1v) is 8.71. The molecule has 0 unspecified atom stereocenters. The van der Waals surface area contributed by atoms with Crippen LogP contribution < -0.4 is 15.4 Å². The summed E-state index contributed by atoms with van der Waals surface area (Å²) in [4.78, 5) is 4.24. The third-order valence-electron chi connectivity index (χ3n) is 3.80. The number of nitrogens with zero attached hydrogens (tertiary/aromatic N) is 4. The highest BCUT2D eigenvalue weighted by molar-refractivity contribution is 5.79. The van der Waals surface area contributed by atoms with Crippen molar-refractivity contribution < 1.29 is 9.47 Å². The Labute approximate surface area is 154 Å². The number of hydrogen-bond donors (Lipinski definition) is 2. The van der Waals surface area contributed by atoms with Crippen LogP contribution in [0, 0.1) is 6.92 Å². The van der Waals surface area contributed by atoms with E-state index in [0.29, 0.717) is 38.9 Å². The predicted octanol–water partition coefficient (Wildman–Crippen LogP) is 1.40. The summed E-state index contributed by atoms with van der Waals surface area (Å²) in [6, 6.07) is 6.18. The van der Waals surface area contributed by atoms with E-state index in [9.17, 15) is 0 Å². The van der Waals surface area contributed by atoms with Crippen LogP contribution in [0.5, 0.6) is 5.75 Å². The fraction of sp³-hybridized carbons (Fsp3) is 0.500. The van der Waals surface area contributed by atoms with Gasteiger partial charge in [-0.3, -0.25) is 4.99 Å². The first-order chi connectivity index (χ1) is 12.6. The van der Waals surface area contributed by atoms with Crippen LogP contribution in [0.4, 0.5) is 0 Å². The fourth-order valence-electron chi connectivity index (χ4n) is 2.33. The summed E-state index contributed by atoms with van der Waals surface area (Å²) in [6.45, 7) is 6.97. The van der Waals surface area contributed by atoms with Crippen LogP contribution in [-0.2, 0) is 24.9 Å². The molecular weight excluding hydrogens is 332 g/mol. The van der Waals surface area contributed by atoms with Crippen molar-refractivity contribution in [2.75, 3.05) is 26.9 Å². The molecule has 0 fully saturated rings. The average molecular weight is 360 g/mol. The van der Waals surface area contributed by atoms with E-state index >= 15 is 0 Å². The lowest BCUT2D eigenvalue weighted by Crippen LogP contribution is -2.37. The summed E-state index contributed by atoms with van der Waals surface area (Å²) in [7, 11) is 3.64. The Morgan fingerprint density at radius 3 is 2.73 bits per heavy atom. The van der Waals surface area contributed by atoms with E-state index in [1.807, 2.05) is 31.5 Å². The van der Waals surface area contributed by atoms with Crippen LogP contribution in [0.2, 0.25) is 0 Å². The Morgan fingerprint density at radius 1 is 1.23 bits per heavy atom. The van der Waals surface area contributed by atoms with Crippen molar-refractivity contribution in [3.63, 3.8) is 0 Å². The summed E-state index contributed by atoms with van der Waals surface area (Å²) in [5, 5.41) is 14.4. The number of hydrogen-bond acceptors (Lipinski definition) is 5. The molecule has 142 valence electrons. The minimum absolute atomic E-state index is 0.531. The normalized spacial score (nSPS) is 11.5. The summed E-state index contributed by atoms with van der Waals surface area (Å²) in [5.41, 5.74) is 2.22. The molecular formula is C18H28N6O2. The van der Waals surface area contributed by atoms with Gasteiger partial charge >= 0.3 is 0 Å². The molecule has 0 amide bonds. The van der Waals surface area contributed by atoms with Gasteiger partial charge in [-0.15, -0.1) is 10.2 Å². The molecule has 26 heavy (non-hydrogen) atoms. The summed E-state index contributed by atoms with van der Waals surface area (Å²) >= 11 is 0. The number of aryl methyl sites for hydroxylation is 2. The van der Waals surface area contributed by atoms with Gasteiger partial charge in [0.05, 0.1) is 13.2 Å². The minimum Gasteiger partial charge on any atom is -0.491 e. The molecule has 0 aliphatic rings. The van der Waals surface area contributed by atoms with Crippen molar-refractivity contribution in [3.05, 3.63) is 41.5 Å². The number of benzene rings is 1. The minimum atomic E-state index is 0.531. The van der Waals surface area contributed by atoms with E-state index in [2.05, 4.69) is 38.0 Å². The number of nitrogens with one attached hydrogen (secondary N) is 2. The molecule has 1 aromatic heterocycles. The highest BCUT2D eigenvalue weighted by Crippen LogP contribution is 2.20. The zero-order valence-corrected chi connectivity index (χ0v) is 16.0. The molecule has 0 bridgehead atoms. The summed E-state index contributed by atoms with van der Waals surface area (Å²) in [6.07, 6.45) is 1.67. The zero-order chi connectivity index (χ0) is 18.8. The van der Waals surface area contributed by atoms with Crippen molar-refractivity contribution in [2.45, 2.75) is 26.9 Å². The molecule has 8 nitrogen and oxygen atoms in total. The van der Waals surface area contributed by atoms with Gasteiger partial charge in [0, 0.05) is 32.8 Å². The van der Waals surface area contributed by atoms with Gasteiger partial charge in [0.1, 0.15) is 18.7 Å². The Kier molecular flexibility index (Phi) is 7.88. The molecule has 1 aromatic carbocycles. The number of guanidine groups is 1.